The molecule has 2 rings (SSSR count). The van der Waals surface area contributed by atoms with Gasteiger partial charge in [-0.3, -0.25) is 4.79 Å². The van der Waals surface area contributed by atoms with Crippen molar-refractivity contribution < 1.29 is 14.3 Å². The van der Waals surface area contributed by atoms with Crippen molar-refractivity contribution in [2.75, 3.05) is 12.3 Å². The van der Waals surface area contributed by atoms with Gasteiger partial charge in [-0.1, -0.05) is 18.2 Å². The van der Waals surface area contributed by atoms with E-state index >= 15 is 0 Å². The highest BCUT2D eigenvalue weighted by Crippen LogP contribution is 2.13. The van der Waals surface area contributed by atoms with Crippen LogP contribution in [0.2, 0.25) is 0 Å². The van der Waals surface area contributed by atoms with E-state index in [9.17, 15) is 9.59 Å². The number of para-hydroxylation sites is 1. The van der Waals surface area contributed by atoms with Crippen LogP contribution in [0.3, 0.4) is 0 Å². The predicted molar refractivity (Wildman–Crippen MR) is 104 cm³/mol. The fourth-order valence-electron chi connectivity index (χ4n) is 1.96. The molecule has 6 nitrogen and oxygen atoms in total. The minimum Gasteiger partial charge on any atom is -0.461 e. The maximum Gasteiger partial charge on any atom is 0.357 e. The van der Waals surface area contributed by atoms with Crippen molar-refractivity contribution in [2.24, 2.45) is 0 Å². The van der Waals surface area contributed by atoms with Crippen LogP contribution in [-0.2, 0) is 22.5 Å². The molecule has 0 aliphatic rings. The number of thiazole rings is 1. The zero-order valence-electron chi connectivity index (χ0n) is 13.7. The molecule has 0 atom stereocenters. The summed E-state index contributed by atoms with van der Waals surface area (Å²) >= 11 is 1.32. The van der Waals surface area contributed by atoms with Gasteiger partial charge in [0, 0.05) is 17.5 Å². The Bertz CT molecular complexity index is 695. The molecule has 0 aliphatic carbocycles. The normalized spacial score (nSPS) is 9.48. The van der Waals surface area contributed by atoms with Gasteiger partial charge in [0.25, 0.3) is 0 Å². The number of carbonyl (C=O) groups excluding carboxylic acids is 2. The Hall–Kier alpha value is -1.83. The maximum atomic E-state index is 11.9. The number of hydrogen-bond acceptors (Lipinski definition) is 6. The zero-order valence-corrected chi connectivity index (χ0v) is 16.1. The van der Waals surface area contributed by atoms with Gasteiger partial charge >= 0.3 is 5.97 Å². The number of ether oxygens (including phenoxy) is 1. The van der Waals surface area contributed by atoms with Crippen LogP contribution in [0.4, 0.5) is 5.69 Å². The van der Waals surface area contributed by atoms with E-state index in [4.69, 9.17) is 10.5 Å². The van der Waals surface area contributed by atoms with E-state index in [1.165, 1.54) is 11.3 Å². The molecule has 1 heterocycles. The second-order valence-corrected chi connectivity index (χ2v) is 5.77. The van der Waals surface area contributed by atoms with E-state index in [1.807, 2.05) is 24.3 Å². The lowest BCUT2D eigenvalue weighted by Crippen LogP contribution is -2.23. The number of aryl methyl sites for hydroxylation is 1. The van der Waals surface area contributed by atoms with Crippen LogP contribution in [0.25, 0.3) is 0 Å². The second kappa shape index (κ2) is 11.7. The van der Waals surface area contributed by atoms with Crippen molar-refractivity contribution in [2.45, 2.75) is 26.3 Å². The largest absolute Gasteiger partial charge is 0.461 e. The number of halogens is 2. The van der Waals surface area contributed by atoms with E-state index in [-0.39, 0.29) is 36.4 Å². The Kier molecular flexibility index (Phi) is 10.8. The summed E-state index contributed by atoms with van der Waals surface area (Å²) < 4.78 is 4.87. The van der Waals surface area contributed by atoms with Crippen molar-refractivity contribution in [3.05, 3.63) is 45.9 Å². The first-order valence-electron chi connectivity index (χ1n) is 7.31. The quantitative estimate of drug-likeness (QED) is 0.545. The molecule has 3 N–H and O–H groups in total. The molecule has 1 aromatic carbocycles. The average Bonchev–Trinajstić information content (AvgIpc) is 3.01. The van der Waals surface area contributed by atoms with Gasteiger partial charge in [0.05, 0.1) is 13.2 Å². The molecule has 0 saturated carbocycles. The summed E-state index contributed by atoms with van der Waals surface area (Å²) in [4.78, 5) is 27.5. The number of esters is 1. The van der Waals surface area contributed by atoms with E-state index in [0.717, 1.165) is 5.56 Å². The van der Waals surface area contributed by atoms with Crippen LogP contribution in [-0.4, -0.2) is 23.5 Å². The molecule has 9 heteroatoms. The summed E-state index contributed by atoms with van der Waals surface area (Å²) in [5, 5.41) is 5.09. The number of anilines is 1. The number of benzene rings is 1. The number of hydrogen-bond donors (Lipinski definition) is 2. The number of nitrogen functional groups attached to an aromatic ring is 1. The first-order chi connectivity index (χ1) is 11.1. The minimum atomic E-state index is -0.444. The summed E-state index contributed by atoms with van der Waals surface area (Å²) in [6.45, 7) is 2.35. The third-order valence-corrected chi connectivity index (χ3v) is 4.00. The Morgan fingerprint density at radius 1 is 1.28 bits per heavy atom. The molecule has 138 valence electrons. The minimum absolute atomic E-state index is 0. The zero-order chi connectivity index (χ0) is 16.7. The van der Waals surface area contributed by atoms with E-state index in [2.05, 4.69) is 10.3 Å². The second-order valence-electron chi connectivity index (χ2n) is 4.82. The van der Waals surface area contributed by atoms with Crippen LogP contribution < -0.4 is 11.1 Å². The lowest BCUT2D eigenvalue weighted by molar-refractivity contribution is -0.121. The highest BCUT2D eigenvalue weighted by molar-refractivity contribution is 7.09. The Labute approximate surface area is 163 Å². The number of nitrogens with two attached hydrogens (primary N) is 1. The van der Waals surface area contributed by atoms with Crippen LogP contribution in [0.1, 0.15) is 34.4 Å². The molecule has 0 unspecified atom stereocenters. The van der Waals surface area contributed by atoms with E-state index < -0.39 is 5.97 Å². The van der Waals surface area contributed by atoms with Gasteiger partial charge in [-0.25, -0.2) is 9.78 Å². The Morgan fingerprint density at radius 2 is 2.00 bits per heavy atom. The third-order valence-electron chi connectivity index (χ3n) is 3.15. The molecular weight excluding hydrogens is 385 g/mol. The number of nitrogens with zero attached hydrogens (tertiary/aromatic N) is 1. The van der Waals surface area contributed by atoms with Gasteiger partial charge in [0.2, 0.25) is 5.91 Å². The molecule has 2 aromatic rings. The topological polar surface area (TPSA) is 94.3 Å². The highest BCUT2D eigenvalue weighted by Gasteiger charge is 2.12. The monoisotopic (exact) mass is 405 g/mol. The Morgan fingerprint density at radius 3 is 2.68 bits per heavy atom. The van der Waals surface area contributed by atoms with Crippen molar-refractivity contribution >= 4 is 53.7 Å². The van der Waals surface area contributed by atoms with Gasteiger partial charge in [-0.2, -0.15) is 0 Å². The summed E-state index contributed by atoms with van der Waals surface area (Å²) in [5.41, 5.74) is 7.77. The third kappa shape index (κ3) is 7.29. The number of rotatable bonds is 7. The molecular formula is C16H21Cl2N3O3S. The van der Waals surface area contributed by atoms with Crippen LogP contribution in [0.15, 0.2) is 29.6 Å². The number of carbonyl (C=O) groups is 2. The molecule has 0 bridgehead atoms. The highest BCUT2D eigenvalue weighted by atomic mass is 35.5. The standard InChI is InChI=1S/C16H19N3O3S.2ClH/c1-2-22-16(21)13-10-23-15(19-13)9-18-14(20)8-7-11-5-3-4-6-12(11)17;;/h3-6,10H,2,7-9,17H2,1H3,(H,18,20);2*1H. The first-order valence-corrected chi connectivity index (χ1v) is 8.19. The summed E-state index contributed by atoms with van der Waals surface area (Å²) in [7, 11) is 0. The number of amides is 1. The van der Waals surface area contributed by atoms with Gasteiger partial charge in [-0.05, 0) is 25.0 Å². The lowest BCUT2D eigenvalue weighted by Gasteiger charge is -2.05. The van der Waals surface area contributed by atoms with Gasteiger partial charge < -0.3 is 15.8 Å². The number of nitrogens with one attached hydrogen (secondary N) is 1. The van der Waals surface area contributed by atoms with Crippen molar-refractivity contribution in [1.82, 2.24) is 10.3 Å². The smallest absolute Gasteiger partial charge is 0.357 e. The predicted octanol–water partition coefficient (Wildman–Crippen LogP) is 2.99. The summed E-state index contributed by atoms with van der Waals surface area (Å²) in [6, 6.07) is 7.49. The van der Waals surface area contributed by atoms with Gasteiger partial charge in [0.15, 0.2) is 5.69 Å². The molecule has 0 radical (unpaired) electrons. The van der Waals surface area contributed by atoms with Crippen LogP contribution in [0.5, 0.6) is 0 Å². The van der Waals surface area contributed by atoms with E-state index in [1.54, 1.807) is 12.3 Å². The van der Waals surface area contributed by atoms with Crippen molar-refractivity contribution in [3.63, 3.8) is 0 Å². The van der Waals surface area contributed by atoms with Gasteiger partial charge in [0.1, 0.15) is 5.01 Å². The molecule has 1 amide bonds. The SMILES string of the molecule is CCOC(=O)c1csc(CNC(=O)CCc2ccccc2N)n1.Cl.Cl. The fourth-order valence-corrected chi connectivity index (χ4v) is 2.67. The van der Waals surface area contributed by atoms with Gasteiger partial charge in [-0.15, -0.1) is 36.2 Å². The first kappa shape index (κ1) is 23.2. The molecule has 0 fully saturated rings. The van der Waals surface area contributed by atoms with Crippen LogP contribution >= 0.6 is 36.2 Å². The molecule has 25 heavy (non-hydrogen) atoms. The van der Waals surface area contributed by atoms with Crippen molar-refractivity contribution in [1.29, 1.82) is 0 Å². The Balaban J connectivity index is 0.00000288. The molecule has 0 spiro atoms. The van der Waals surface area contributed by atoms with Crippen LogP contribution in [0, 0.1) is 0 Å². The van der Waals surface area contributed by atoms with Crippen molar-refractivity contribution in [3.8, 4) is 0 Å². The average molecular weight is 406 g/mol. The maximum absolute atomic E-state index is 11.9. The summed E-state index contributed by atoms with van der Waals surface area (Å²) in [6.07, 6.45) is 0.939. The molecule has 0 saturated heterocycles. The van der Waals surface area contributed by atoms with E-state index in [0.29, 0.717) is 36.7 Å². The fraction of sp³-hybridized carbons (Fsp3) is 0.312. The number of aromatic nitrogens is 1. The summed E-state index contributed by atoms with van der Waals surface area (Å²) in [5.74, 6) is -0.526. The molecule has 0 aliphatic heterocycles. The lowest BCUT2D eigenvalue weighted by atomic mass is 10.1. The molecule has 1 aromatic heterocycles.